The summed E-state index contributed by atoms with van der Waals surface area (Å²) in [5.41, 5.74) is 0. The molecule has 0 N–H and O–H groups in total. The molecule has 0 aromatic heterocycles. The zero-order valence-corrected chi connectivity index (χ0v) is 12.0. The lowest BCUT2D eigenvalue weighted by Crippen LogP contribution is -2.51. The second kappa shape index (κ2) is 6.57. The molecule has 1 amide bonds. The number of hydrogen-bond donors (Lipinski definition) is 0. The third kappa shape index (κ3) is 4.39. The van der Waals surface area contributed by atoms with E-state index in [4.69, 9.17) is 0 Å². The van der Waals surface area contributed by atoms with Gasteiger partial charge in [-0.1, -0.05) is 15.9 Å². The molecule has 94 valence electrons. The van der Waals surface area contributed by atoms with Crippen molar-refractivity contribution in [1.29, 1.82) is 0 Å². The van der Waals surface area contributed by atoms with E-state index < -0.39 is 0 Å². The highest BCUT2D eigenvalue weighted by atomic mass is 79.9. The van der Waals surface area contributed by atoms with Gasteiger partial charge in [-0.05, 0) is 21.0 Å². The van der Waals surface area contributed by atoms with E-state index in [-0.39, 0.29) is 10.7 Å². The van der Waals surface area contributed by atoms with Gasteiger partial charge in [0.05, 0.1) is 4.83 Å². The number of carbonyl (C=O) groups is 1. The second-order valence-corrected chi connectivity index (χ2v) is 5.96. The van der Waals surface area contributed by atoms with E-state index in [0.717, 1.165) is 39.3 Å². The van der Waals surface area contributed by atoms with Gasteiger partial charge >= 0.3 is 0 Å². The van der Waals surface area contributed by atoms with Crippen LogP contribution < -0.4 is 0 Å². The van der Waals surface area contributed by atoms with E-state index in [0.29, 0.717) is 0 Å². The van der Waals surface area contributed by atoms with Crippen molar-refractivity contribution in [3.8, 4) is 0 Å². The van der Waals surface area contributed by atoms with Crippen molar-refractivity contribution < 1.29 is 4.79 Å². The molecule has 1 aliphatic rings. The van der Waals surface area contributed by atoms with E-state index in [2.05, 4.69) is 39.8 Å². The van der Waals surface area contributed by atoms with Gasteiger partial charge < -0.3 is 9.80 Å². The van der Waals surface area contributed by atoms with Crippen LogP contribution in [-0.2, 0) is 4.79 Å². The first-order valence-corrected chi connectivity index (χ1v) is 6.72. The van der Waals surface area contributed by atoms with Crippen molar-refractivity contribution in [3.05, 3.63) is 0 Å². The predicted octanol–water partition coefficient (Wildman–Crippen LogP) is 0.476. The van der Waals surface area contributed by atoms with Gasteiger partial charge in [-0.3, -0.25) is 9.69 Å². The first-order valence-electron chi connectivity index (χ1n) is 5.80. The summed E-state index contributed by atoms with van der Waals surface area (Å²) in [5, 5.41) is 0. The molecule has 1 aliphatic heterocycles. The molecule has 1 unspecified atom stereocenters. The molecule has 5 heteroatoms. The molecular weight excluding hydrogens is 270 g/mol. The van der Waals surface area contributed by atoms with Crippen molar-refractivity contribution in [2.75, 3.05) is 53.4 Å². The van der Waals surface area contributed by atoms with Crippen molar-refractivity contribution >= 4 is 21.8 Å². The number of halogens is 1. The zero-order chi connectivity index (χ0) is 12.1. The first-order chi connectivity index (χ1) is 7.50. The monoisotopic (exact) mass is 291 g/mol. The van der Waals surface area contributed by atoms with E-state index in [1.165, 1.54) is 0 Å². The van der Waals surface area contributed by atoms with Gasteiger partial charge in [-0.15, -0.1) is 0 Å². The third-order valence-corrected chi connectivity index (χ3v) is 3.28. The molecule has 1 rings (SSSR count). The Kier molecular flexibility index (Phi) is 5.72. The molecule has 0 aromatic carbocycles. The Bertz CT molecular complexity index is 225. The fourth-order valence-electron chi connectivity index (χ4n) is 1.78. The maximum Gasteiger partial charge on any atom is 0.236 e. The summed E-state index contributed by atoms with van der Waals surface area (Å²) in [6.45, 7) is 7.80. The maximum atomic E-state index is 11.7. The molecule has 1 fully saturated rings. The summed E-state index contributed by atoms with van der Waals surface area (Å²) >= 11 is 3.33. The molecule has 0 radical (unpaired) electrons. The minimum atomic E-state index is -0.0548. The van der Waals surface area contributed by atoms with Crippen LogP contribution in [0.2, 0.25) is 0 Å². The SMILES string of the molecule is CC(Br)C(=O)N1CCN(CCN(C)C)CC1. The van der Waals surface area contributed by atoms with Crippen LogP contribution in [0.1, 0.15) is 6.92 Å². The number of likely N-dealkylation sites (N-methyl/N-ethyl adjacent to an activating group) is 1. The van der Waals surface area contributed by atoms with Crippen LogP contribution >= 0.6 is 15.9 Å². The Labute approximate surface area is 107 Å². The maximum absolute atomic E-state index is 11.7. The molecule has 1 saturated heterocycles. The average Bonchev–Trinajstić information content (AvgIpc) is 2.26. The van der Waals surface area contributed by atoms with Gasteiger partial charge in [0.1, 0.15) is 0 Å². The molecule has 0 spiro atoms. The van der Waals surface area contributed by atoms with Crippen LogP contribution in [-0.4, -0.2) is 78.8 Å². The van der Waals surface area contributed by atoms with Gasteiger partial charge in [-0.2, -0.15) is 0 Å². The second-order valence-electron chi connectivity index (χ2n) is 4.59. The Balaban J connectivity index is 2.26. The third-order valence-electron chi connectivity index (χ3n) is 2.89. The Morgan fingerprint density at radius 2 is 1.88 bits per heavy atom. The van der Waals surface area contributed by atoms with Crippen LogP contribution in [0.25, 0.3) is 0 Å². The van der Waals surface area contributed by atoms with E-state index in [1.807, 2.05) is 11.8 Å². The van der Waals surface area contributed by atoms with Crippen LogP contribution in [0.5, 0.6) is 0 Å². The normalized spacial score (nSPS) is 20.2. The summed E-state index contributed by atoms with van der Waals surface area (Å²) in [6, 6.07) is 0. The molecule has 0 saturated carbocycles. The van der Waals surface area contributed by atoms with Crippen LogP contribution in [0, 0.1) is 0 Å². The number of piperazine rings is 1. The summed E-state index contributed by atoms with van der Waals surface area (Å²) in [6.07, 6.45) is 0. The van der Waals surface area contributed by atoms with Gasteiger partial charge in [0.15, 0.2) is 0 Å². The summed E-state index contributed by atoms with van der Waals surface area (Å²) in [4.78, 5) is 18.2. The largest absolute Gasteiger partial charge is 0.339 e. The summed E-state index contributed by atoms with van der Waals surface area (Å²) < 4.78 is 0. The minimum Gasteiger partial charge on any atom is -0.339 e. The minimum absolute atomic E-state index is 0.0548. The Morgan fingerprint density at radius 1 is 1.31 bits per heavy atom. The van der Waals surface area contributed by atoms with E-state index in [1.54, 1.807) is 0 Å². The molecule has 0 aromatic rings. The highest BCUT2D eigenvalue weighted by Crippen LogP contribution is 2.08. The smallest absolute Gasteiger partial charge is 0.236 e. The molecule has 1 atom stereocenters. The average molecular weight is 292 g/mol. The van der Waals surface area contributed by atoms with Gasteiger partial charge in [0.2, 0.25) is 5.91 Å². The Hall–Kier alpha value is -0.130. The van der Waals surface area contributed by atoms with E-state index in [9.17, 15) is 4.79 Å². The lowest BCUT2D eigenvalue weighted by atomic mass is 10.3. The topological polar surface area (TPSA) is 26.8 Å². The predicted molar refractivity (Wildman–Crippen MR) is 70.0 cm³/mol. The summed E-state index contributed by atoms with van der Waals surface area (Å²) in [5.74, 6) is 0.215. The number of carbonyl (C=O) groups excluding carboxylic acids is 1. The fourth-order valence-corrected chi connectivity index (χ4v) is 2.07. The zero-order valence-electron chi connectivity index (χ0n) is 10.4. The standard InChI is InChI=1S/C11H22BrN3O/c1-10(12)11(16)15-8-6-14(7-9-15)5-4-13(2)3/h10H,4-9H2,1-3H3. The highest BCUT2D eigenvalue weighted by Gasteiger charge is 2.23. The van der Waals surface area contributed by atoms with Crippen molar-refractivity contribution in [1.82, 2.24) is 14.7 Å². The Morgan fingerprint density at radius 3 is 2.31 bits per heavy atom. The van der Waals surface area contributed by atoms with Gasteiger partial charge in [0.25, 0.3) is 0 Å². The number of hydrogen-bond acceptors (Lipinski definition) is 3. The number of rotatable bonds is 4. The molecule has 4 nitrogen and oxygen atoms in total. The van der Waals surface area contributed by atoms with Crippen LogP contribution in [0.15, 0.2) is 0 Å². The molecule has 0 bridgehead atoms. The van der Waals surface area contributed by atoms with Crippen molar-refractivity contribution in [2.24, 2.45) is 0 Å². The number of amides is 1. The number of alkyl halides is 1. The van der Waals surface area contributed by atoms with Gasteiger partial charge in [0, 0.05) is 39.3 Å². The fraction of sp³-hybridized carbons (Fsp3) is 0.909. The molecule has 1 heterocycles. The lowest BCUT2D eigenvalue weighted by molar-refractivity contribution is -0.131. The molecule has 16 heavy (non-hydrogen) atoms. The first kappa shape index (κ1) is 13.9. The lowest BCUT2D eigenvalue weighted by Gasteiger charge is -2.35. The number of nitrogens with zero attached hydrogens (tertiary/aromatic N) is 3. The molecule has 0 aliphatic carbocycles. The van der Waals surface area contributed by atoms with Crippen molar-refractivity contribution in [2.45, 2.75) is 11.8 Å². The van der Waals surface area contributed by atoms with E-state index >= 15 is 0 Å². The molecular formula is C11H22BrN3O. The van der Waals surface area contributed by atoms with Crippen LogP contribution in [0.4, 0.5) is 0 Å². The quantitative estimate of drug-likeness (QED) is 0.705. The van der Waals surface area contributed by atoms with Gasteiger partial charge in [-0.25, -0.2) is 0 Å². The van der Waals surface area contributed by atoms with Crippen molar-refractivity contribution in [3.63, 3.8) is 0 Å². The summed E-state index contributed by atoms with van der Waals surface area (Å²) in [7, 11) is 4.18. The van der Waals surface area contributed by atoms with Crippen LogP contribution in [0.3, 0.4) is 0 Å². The highest BCUT2D eigenvalue weighted by molar-refractivity contribution is 9.10.